The van der Waals surface area contributed by atoms with E-state index in [9.17, 15) is 5.26 Å². The van der Waals surface area contributed by atoms with Gasteiger partial charge in [-0.3, -0.25) is 9.97 Å². The van der Waals surface area contributed by atoms with Gasteiger partial charge >= 0.3 is 0 Å². The molecule has 0 aliphatic heterocycles. The Hall–Kier alpha value is -5.08. The van der Waals surface area contributed by atoms with E-state index in [0.29, 0.717) is 45.0 Å². The van der Waals surface area contributed by atoms with Crippen LogP contribution in [-0.4, -0.2) is 31.4 Å². The lowest BCUT2D eigenvalue weighted by atomic mass is 9.88. The minimum absolute atomic E-state index is 0.403. The predicted octanol–water partition coefficient (Wildman–Crippen LogP) is 4.03. The van der Waals surface area contributed by atoms with Gasteiger partial charge in [-0.15, -0.1) is 4.95 Å². The summed E-state index contributed by atoms with van der Waals surface area (Å²) in [6.07, 6.45) is 5.31. The summed E-state index contributed by atoms with van der Waals surface area (Å²) in [5.74, 6) is 0. The van der Waals surface area contributed by atoms with Crippen LogP contribution in [0.2, 0.25) is 0 Å². The first-order chi connectivity index (χ1) is 15.8. The van der Waals surface area contributed by atoms with Crippen molar-refractivity contribution >= 4 is 44.3 Å². The van der Waals surface area contributed by atoms with Crippen molar-refractivity contribution in [3.63, 3.8) is 0 Å². The van der Waals surface area contributed by atoms with Crippen molar-refractivity contribution in [3.8, 4) is 6.19 Å². The summed E-state index contributed by atoms with van der Waals surface area (Å²) in [5, 5.41) is 15.0. The molecule has 0 atom stereocenters. The molecule has 1 aliphatic carbocycles. The van der Waals surface area contributed by atoms with Crippen molar-refractivity contribution in [1.29, 1.82) is 5.26 Å². The van der Waals surface area contributed by atoms with Crippen LogP contribution in [0, 0.1) is 18.0 Å². The highest BCUT2D eigenvalue weighted by atomic mass is 15.2. The Morgan fingerprint density at radius 3 is 1.88 bits per heavy atom. The van der Waals surface area contributed by atoms with Crippen LogP contribution >= 0.6 is 0 Å². The average molecular weight is 410 g/mol. The molecule has 8 nitrogen and oxygen atoms in total. The average Bonchev–Trinajstić information content (AvgIpc) is 2.85. The number of nitriles is 1. The first kappa shape index (κ1) is 17.8. The Kier molecular flexibility index (Phi) is 3.73. The van der Waals surface area contributed by atoms with E-state index in [0.717, 1.165) is 21.8 Å². The summed E-state index contributed by atoms with van der Waals surface area (Å²) in [6, 6.07) is 14.9. The number of pyridine rings is 2. The SMILES string of the molecule is [C-]#[N+]/N=C1\c2ccccc2C(=NC#N)c2nc3c4cccnc4c4ncccc4c3nc21. The van der Waals surface area contributed by atoms with Gasteiger partial charge in [-0.25, -0.2) is 9.97 Å². The highest BCUT2D eigenvalue weighted by Crippen LogP contribution is 2.34. The standard InChI is InChI=1S/C24H10N8/c1-26-32-22-14-7-3-2-6-13(14)17(29-12-25)23-24(22)31-21-16-9-5-11-28-19(16)18-15(20(21)30-23)8-4-10-27-18/h2-11H/b29-17?,32-22+. The van der Waals surface area contributed by atoms with Gasteiger partial charge in [-0.2, -0.15) is 16.8 Å². The van der Waals surface area contributed by atoms with Gasteiger partial charge in [0.2, 0.25) is 6.19 Å². The monoisotopic (exact) mass is 410 g/mol. The number of fused-ring (bicyclic) bond motifs is 8. The van der Waals surface area contributed by atoms with Gasteiger partial charge in [0.25, 0.3) is 0 Å². The van der Waals surface area contributed by atoms with Gasteiger partial charge in [0.15, 0.2) is 5.71 Å². The number of aliphatic imine (C=N–C) groups is 1. The van der Waals surface area contributed by atoms with Crippen LogP contribution in [-0.2, 0) is 0 Å². The third-order valence-corrected chi connectivity index (χ3v) is 5.44. The molecule has 0 spiro atoms. The summed E-state index contributed by atoms with van der Waals surface area (Å²) >= 11 is 0. The number of hydrogen-bond acceptors (Lipinski definition) is 7. The third-order valence-electron chi connectivity index (χ3n) is 5.44. The van der Waals surface area contributed by atoms with Crippen LogP contribution in [0.4, 0.5) is 0 Å². The minimum Gasteiger partial charge on any atom is -0.254 e. The van der Waals surface area contributed by atoms with E-state index in [2.05, 4.69) is 25.0 Å². The molecule has 5 aromatic rings. The van der Waals surface area contributed by atoms with Crippen LogP contribution in [0.15, 0.2) is 71.0 Å². The summed E-state index contributed by atoms with van der Waals surface area (Å²) in [7, 11) is 0. The van der Waals surface area contributed by atoms with Gasteiger partial charge in [0.1, 0.15) is 17.1 Å². The van der Waals surface area contributed by atoms with E-state index in [4.69, 9.17) is 16.5 Å². The fourth-order valence-electron chi connectivity index (χ4n) is 4.18. The zero-order chi connectivity index (χ0) is 21.7. The zero-order valence-electron chi connectivity index (χ0n) is 16.4. The normalized spacial score (nSPS) is 14.9. The maximum atomic E-state index is 9.38. The lowest BCUT2D eigenvalue weighted by molar-refractivity contribution is 1.21. The van der Waals surface area contributed by atoms with Crippen LogP contribution in [0.1, 0.15) is 22.5 Å². The van der Waals surface area contributed by atoms with Crippen molar-refractivity contribution in [3.05, 3.63) is 95.0 Å². The quantitative estimate of drug-likeness (QED) is 0.163. The summed E-state index contributed by atoms with van der Waals surface area (Å²) < 4.78 is 0. The lowest BCUT2D eigenvalue weighted by Gasteiger charge is -2.20. The fraction of sp³-hybridized carbons (Fsp3) is 0. The topological polar surface area (TPSA) is 104 Å². The van der Waals surface area contributed by atoms with Gasteiger partial charge in [-0.05, 0) is 24.3 Å². The molecule has 0 N–H and O–H groups in total. The van der Waals surface area contributed by atoms with Gasteiger partial charge in [0.05, 0.1) is 27.2 Å². The first-order valence-electron chi connectivity index (χ1n) is 9.66. The molecule has 0 fully saturated rings. The van der Waals surface area contributed by atoms with Crippen LogP contribution in [0.25, 0.3) is 37.8 Å². The Labute approximate surface area is 181 Å². The number of hydrogen-bond donors (Lipinski definition) is 0. The highest BCUT2D eigenvalue weighted by molar-refractivity contribution is 6.32. The Morgan fingerprint density at radius 2 is 1.31 bits per heavy atom. The van der Waals surface area contributed by atoms with E-state index in [1.54, 1.807) is 12.4 Å². The second-order valence-electron chi connectivity index (χ2n) is 7.07. The molecular formula is C24H10N8. The number of benzene rings is 2. The first-order valence-corrected chi connectivity index (χ1v) is 9.66. The number of aromatic nitrogens is 4. The molecule has 3 aromatic heterocycles. The molecule has 6 rings (SSSR count). The van der Waals surface area contributed by atoms with Crippen molar-refractivity contribution in [2.45, 2.75) is 0 Å². The second kappa shape index (κ2) is 6.73. The Morgan fingerprint density at radius 1 is 0.750 bits per heavy atom. The van der Waals surface area contributed by atoms with Crippen molar-refractivity contribution < 1.29 is 0 Å². The Balaban J connectivity index is 1.85. The fourth-order valence-corrected chi connectivity index (χ4v) is 4.18. The van der Waals surface area contributed by atoms with E-state index < -0.39 is 0 Å². The smallest absolute Gasteiger partial charge is 0.206 e. The van der Waals surface area contributed by atoms with Crippen LogP contribution < -0.4 is 0 Å². The third kappa shape index (κ3) is 2.35. The molecule has 0 saturated carbocycles. The molecule has 3 heterocycles. The summed E-state index contributed by atoms with van der Waals surface area (Å²) in [4.78, 5) is 26.3. The highest BCUT2D eigenvalue weighted by Gasteiger charge is 2.32. The van der Waals surface area contributed by atoms with Crippen LogP contribution in [0.3, 0.4) is 0 Å². The number of nitrogens with zero attached hydrogens (tertiary/aromatic N) is 8. The summed E-state index contributed by atoms with van der Waals surface area (Å²) in [5.41, 5.74) is 5.68. The maximum absolute atomic E-state index is 9.38. The van der Waals surface area contributed by atoms with Gasteiger partial charge in [0, 0.05) is 34.3 Å². The van der Waals surface area contributed by atoms with Crippen molar-refractivity contribution in [1.82, 2.24) is 19.9 Å². The molecule has 146 valence electrons. The summed E-state index contributed by atoms with van der Waals surface area (Å²) in [6.45, 7) is 7.34. The molecule has 8 heteroatoms. The molecule has 0 unspecified atom stereocenters. The molecule has 0 radical (unpaired) electrons. The van der Waals surface area contributed by atoms with E-state index in [-0.39, 0.29) is 0 Å². The Bertz CT molecular complexity index is 1620. The lowest BCUT2D eigenvalue weighted by Crippen LogP contribution is -2.25. The van der Waals surface area contributed by atoms with Crippen molar-refractivity contribution in [2.24, 2.45) is 10.1 Å². The molecule has 0 saturated heterocycles. The molecule has 2 aromatic carbocycles. The minimum atomic E-state index is 0.403. The predicted molar refractivity (Wildman–Crippen MR) is 120 cm³/mol. The molecular weight excluding hydrogens is 400 g/mol. The van der Waals surface area contributed by atoms with Gasteiger partial charge in [-0.1, -0.05) is 24.3 Å². The second-order valence-corrected chi connectivity index (χ2v) is 7.07. The molecule has 1 aliphatic rings. The van der Waals surface area contributed by atoms with Crippen LogP contribution in [0.5, 0.6) is 0 Å². The van der Waals surface area contributed by atoms with E-state index >= 15 is 0 Å². The largest absolute Gasteiger partial charge is 0.254 e. The van der Waals surface area contributed by atoms with Gasteiger partial charge < -0.3 is 0 Å². The zero-order valence-corrected chi connectivity index (χ0v) is 16.4. The molecule has 0 bridgehead atoms. The number of rotatable bonds is 0. The molecule has 0 amide bonds. The maximum Gasteiger partial charge on any atom is 0.206 e. The van der Waals surface area contributed by atoms with E-state index in [1.165, 1.54) is 0 Å². The molecule has 32 heavy (non-hydrogen) atoms. The van der Waals surface area contributed by atoms with E-state index in [1.807, 2.05) is 54.7 Å². The van der Waals surface area contributed by atoms with Crippen molar-refractivity contribution in [2.75, 3.05) is 0 Å².